The molecule has 0 aromatic carbocycles. The van der Waals surface area contributed by atoms with Crippen LogP contribution in [0.25, 0.3) is 0 Å². The highest BCUT2D eigenvalue weighted by Gasteiger charge is 2.78. The van der Waals surface area contributed by atoms with Gasteiger partial charge in [-0.25, -0.2) is 0 Å². The van der Waals surface area contributed by atoms with Crippen LogP contribution in [0.3, 0.4) is 0 Å². The molecule has 130 valence electrons. The Morgan fingerprint density at radius 2 is 2.08 bits per heavy atom. The minimum Gasteiger partial charge on any atom is -0.481 e. The molecule has 4 heteroatoms. The molecule has 1 spiro atoms. The maximum Gasteiger partial charge on any atom is 0.312 e. The van der Waals surface area contributed by atoms with Gasteiger partial charge < -0.3 is 9.84 Å². The molecule has 4 aliphatic carbocycles. The Kier molecular flexibility index (Phi) is 2.66. The van der Waals surface area contributed by atoms with Gasteiger partial charge in [0.05, 0.1) is 17.9 Å². The normalized spacial score (nSPS) is 54.9. The number of aliphatic carboxylic acids is 1. The Balaban J connectivity index is 1.75. The highest BCUT2D eigenvalue weighted by Crippen LogP contribution is 2.78. The first-order valence-electron chi connectivity index (χ1n) is 9.43. The Morgan fingerprint density at radius 1 is 1.29 bits per heavy atom. The number of carboxylic acid groups (broad SMARTS) is 1. The molecule has 1 unspecified atom stereocenters. The Hall–Kier alpha value is -1.32. The van der Waals surface area contributed by atoms with Crippen LogP contribution in [0, 0.1) is 39.9 Å². The van der Waals surface area contributed by atoms with Crippen molar-refractivity contribution < 1.29 is 19.4 Å². The van der Waals surface area contributed by atoms with E-state index in [1.54, 1.807) is 0 Å². The lowest BCUT2D eigenvalue weighted by Gasteiger charge is -2.55. The Bertz CT molecular complexity index is 669. The molecule has 4 saturated carbocycles. The standard InChI is InChI=1S/C20H26O4/c1-11-8-20-9-12(11)4-5-13(20)19-7-3-6-18(2,17(23)24-10-19)15(19)14(20)16(21)22/h12-15H,1,3-10H2,2H3,(H,21,22)/t12?,13-,14+,15+,18-,19+,20-/m0/s1. The molecule has 1 aliphatic heterocycles. The topological polar surface area (TPSA) is 63.6 Å². The van der Waals surface area contributed by atoms with E-state index in [0.29, 0.717) is 18.4 Å². The fourth-order valence-electron chi connectivity index (χ4n) is 8.18. The lowest BCUT2D eigenvalue weighted by Crippen LogP contribution is -2.58. The van der Waals surface area contributed by atoms with E-state index < -0.39 is 17.3 Å². The van der Waals surface area contributed by atoms with Crippen molar-refractivity contribution in [2.45, 2.75) is 51.9 Å². The fraction of sp³-hybridized carbons (Fsp3) is 0.800. The van der Waals surface area contributed by atoms with E-state index in [9.17, 15) is 14.7 Å². The molecule has 7 atom stereocenters. The monoisotopic (exact) mass is 330 g/mol. The molecule has 5 rings (SSSR count). The molecule has 1 N–H and O–H groups in total. The molecule has 0 amide bonds. The maximum atomic E-state index is 12.7. The van der Waals surface area contributed by atoms with Crippen molar-refractivity contribution in [3.8, 4) is 0 Å². The number of hydrogen-bond acceptors (Lipinski definition) is 3. The molecule has 24 heavy (non-hydrogen) atoms. The summed E-state index contributed by atoms with van der Waals surface area (Å²) in [5.74, 6) is -0.458. The predicted molar refractivity (Wildman–Crippen MR) is 87.0 cm³/mol. The predicted octanol–water partition coefficient (Wildman–Crippen LogP) is 3.41. The van der Waals surface area contributed by atoms with Gasteiger partial charge in [0.1, 0.15) is 0 Å². The van der Waals surface area contributed by atoms with Crippen LogP contribution in [-0.2, 0) is 14.3 Å². The van der Waals surface area contributed by atoms with E-state index in [0.717, 1.165) is 44.9 Å². The van der Waals surface area contributed by atoms with Crippen LogP contribution < -0.4 is 0 Å². The number of carbonyl (C=O) groups excluding carboxylic acids is 1. The lowest BCUT2D eigenvalue weighted by atomic mass is 9.51. The third-order valence-corrected chi connectivity index (χ3v) is 8.75. The van der Waals surface area contributed by atoms with E-state index in [2.05, 4.69) is 6.58 Å². The number of allylic oxidation sites excluding steroid dienone is 1. The summed E-state index contributed by atoms with van der Waals surface area (Å²) in [5, 5.41) is 10.3. The van der Waals surface area contributed by atoms with Crippen molar-refractivity contribution in [1.29, 1.82) is 0 Å². The van der Waals surface area contributed by atoms with Crippen molar-refractivity contribution in [3.05, 3.63) is 12.2 Å². The molecule has 0 radical (unpaired) electrons. The SMILES string of the molecule is C=C1C[C@]23CC1CC[C@H]2[C@@]12CCC[C@](C)(C(=O)OC1)[C@H]2[C@@H]3C(=O)O. The Morgan fingerprint density at radius 3 is 2.83 bits per heavy atom. The molecule has 0 aromatic heterocycles. The van der Waals surface area contributed by atoms with Crippen LogP contribution >= 0.6 is 0 Å². The van der Waals surface area contributed by atoms with Crippen molar-refractivity contribution in [3.63, 3.8) is 0 Å². The van der Waals surface area contributed by atoms with E-state index in [-0.39, 0.29) is 22.7 Å². The molecule has 0 aromatic rings. The third kappa shape index (κ3) is 1.40. The number of hydrogen-bond donors (Lipinski definition) is 1. The van der Waals surface area contributed by atoms with Gasteiger partial charge in [0.2, 0.25) is 0 Å². The summed E-state index contributed by atoms with van der Waals surface area (Å²) >= 11 is 0. The zero-order chi connectivity index (χ0) is 16.9. The second-order valence-corrected chi connectivity index (χ2v) is 9.47. The summed E-state index contributed by atoms with van der Waals surface area (Å²) in [7, 11) is 0. The number of esters is 1. The summed E-state index contributed by atoms with van der Waals surface area (Å²) in [6.07, 6.45) is 6.85. The smallest absolute Gasteiger partial charge is 0.312 e. The number of rotatable bonds is 1. The van der Waals surface area contributed by atoms with Crippen LogP contribution in [0.4, 0.5) is 0 Å². The van der Waals surface area contributed by atoms with Gasteiger partial charge in [-0.15, -0.1) is 0 Å². The average molecular weight is 330 g/mol. The summed E-state index contributed by atoms with van der Waals surface area (Å²) in [5.41, 5.74) is 0.339. The van der Waals surface area contributed by atoms with E-state index in [1.807, 2.05) is 6.92 Å². The van der Waals surface area contributed by atoms with Crippen LogP contribution in [-0.4, -0.2) is 23.7 Å². The maximum absolute atomic E-state index is 12.7. The number of fused-ring (bicyclic) bond motifs is 1. The van der Waals surface area contributed by atoms with E-state index in [4.69, 9.17) is 4.74 Å². The van der Waals surface area contributed by atoms with E-state index >= 15 is 0 Å². The summed E-state index contributed by atoms with van der Waals surface area (Å²) < 4.78 is 5.71. The molecule has 1 heterocycles. The van der Waals surface area contributed by atoms with Gasteiger partial charge >= 0.3 is 11.9 Å². The zero-order valence-electron chi connectivity index (χ0n) is 14.3. The molecule has 4 bridgehead atoms. The van der Waals surface area contributed by atoms with E-state index in [1.165, 1.54) is 5.57 Å². The number of ether oxygens (including phenoxy) is 1. The Labute approximate surface area is 142 Å². The minimum absolute atomic E-state index is 0.0628. The second kappa shape index (κ2) is 4.25. The fourth-order valence-corrected chi connectivity index (χ4v) is 8.18. The summed E-state index contributed by atoms with van der Waals surface area (Å²) in [6.45, 7) is 6.72. The molecule has 5 aliphatic rings. The number of cyclic esters (lactones) is 1. The molecule has 4 nitrogen and oxygen atoms in total. The van der Waals surface area contributed by atoms with Gasteiger partial charge in [-0.1, -0.05) is 18.6 Å². The van der Waals surface area contributed by atoms with Gasteiger partial charge in [0.25, 0.3) is 0 Å². The average Bonchev–Trinajstić information content (AvgIpc) is 2.93. The molecule has 1 saturated heterocycles. The first kappa shape index (κ1) is 15.0. The largest absolute Gasteiger partial charge is 0.481 e. The lowest BCUT2D eigenvalue weighted by molar-refractivity contribution is -0.200. The van der Waals surface area contributed by atoms with Gasteiger partial charge in [-0.2, -0.15) is 0 Å². The second-order valence-electron chi connectivity index (χ2n) is 9.47. The third-order valence-electron chi connectivity index (χ3n) is 8.75. The molecule has 5 fully saturated rings. The van der Waals surface area contributed by atoms with Crippen molar-refractivity contribution in [1.82, 2.24) is 0 Å². The summed E-state index contributed by atoms with van der Waals surface area (Å²) in [4.78, 5) is 25.2. The van der Waals surface area contributed by atoms with Gasteiger partial charge in [0.15, 0.2) is 0 Å². The quantitative estimate of drug-likeness (QED) is 0.591. The number of carboxylic acids is 1. The van der Waals surface area contributed by atoms with Crippen molar-refractivity contribution in [2.24, 2.45) is 39.9 Å². The number of carbonyl (C=O) groups is 2. The highest BCUT2D eigenvalue weighted by atomic mass is 16.5. The van der Waals surface area contributed by atoms with Crippen LogP contribution in [0.1, 0.15) is 51.9 Å². The van der Waals surface area contributed by atoms with Gasteiger partial charge in [-0.3, -0.25) is 9.59 Å². The van der Waals surface area contributed by atoms with Crippen molar-refractivity contribution >= 4 is 11.9 Å². The molecular formula is C20H26O4. The van der Waals surface area contributed by atoms with Crippen LogP contribution in [0.15, 0.2) is 12.2 Å². The van der Waals surface area contributed by atoms with Crippen LogP contribution in [0.2, 0.25) is 0 Å². The highest BCUT2D eigenvalue weighted by molar-refractivity contribution is 5.82. The molecular weight excluding hydrogens is 304 g/mol. The van der Waals surface area contributed by atoms with Gasteiger partial charge in [-0.05, 0) is 68.6 Å². The summed E-state index contributed by atoms with van der Waals surface area (Å²) in [6, 6.07) is 0. The zero-order valence-corrected chi connectivity index (χ0v) is 14.3. The first-order chi connectivity index (χ1) is 11.4. The van der Waals surface area contributed by atoms with Crippen molar-refractivity contribution in [2.75, 3.05) is 6.61 Å². The van der Waals surface area contributed by atoms with Gasteiger partial charge in [0, 0.05) is 5.41 Å². The first-order valence-corrected chi connectivity index (χ1v) is 9.43. The minimum atomic E-state index is -0.690. The van der Waals surface area contributed by atoms with Crippen LogP contribution in [0.5, 0.6) is 0 Å².